The second kappa shape index (κ2) is 6.72. The zero-order chi connectivity index (χ0) is 15.4. The van der Waals surface area contributed by atoms with Crippen LogP contribution in [0.4, 0.5) is 10.1 Å². The summed E-state index contributed by atoms with van der Waals surface area (Å²) in [6.45, 7) is 4.08. The van der Waals surface area contributed by atoms with E-state index in [1.54, 1.807) is 6.07 Å². The number of para-hydroxylation sites is 1. The fourth-order valence-corrected chi connectivity index (χ4v) is 2.57. The number of anilines is 1. The smallest absolute Gasteiger partial charge is 0.128 e. The van der Waals surface area contributed by atoms with Gasteiger partial charge < -0.3 is 10.6 Å². The molecule has 21 heavy (non-hydrogen) atoms. The zero-order valence-corrected chi connectivity index (χ0v) is 12.9. The Morgan fingerprint density at radius 3 is 2.24 bits per heavy atom. The lowest BCUT2D eigenvalue weighted by molar-refractivity contribution is 0.584. The van der Waals surface area contributed by atoms with Crippen molar-refractivity contribution < 1.29 is 4.39 Å². The third-order valence-corrected chi connectivity index (χ3v) is 4.09. The molecule has 0 aliphatic carbocycles. The second-order valence-corrected chi connectivity index (χ2v) is 5.38. The van der Waals surface area contributed by atoms with Gasteiger partial charge in [-0.3, -0.25) is 0 Å². The van der Waals surface area contributed by atoms with Gasteiger partial charge in [0.15, 0.2) is 0 Å². The quantitative estimate of drug-likeness (QED) is 0.881. The SMILES string of the molecule is CCC(N)c1ccccc1N(C)C(C)c1ccccc1F. The normalized spacial score (nSPS) is 13.8. The molecule has 2 aromatic rings. The summed E-state index contributed by atoms with van der Waals surface area (Å²) in [6, 6.07) is 14.9. The summed E-state index contributed by atoms with van der Waals surface area (Å²) in [7, 11) is 1.98. The number of hydrogen-bond donors (Lipinski definition) is 1. The number of benzene rings is 2. The van der Waals surface area contributed by atoms with Crippen molar-refractivity contribution in [1.29, 1.82) is 0 Å². The molecule has 0 spiro atoms. The Morgan fingerprint density at radius 1 is 1.05 bits per heavy atom. The van der Waals surface area contributed by atoms with Crippen molar-refractivity contribution in [2.24, 2.45) is 5.73 Å². The first-order chi connectivity index (χ1) is 10.1. The molecule has 2 unspecified atom stereocenters. The van der Waals surface area contributed by atoms with Gasteiger partial charge in [0, 0.05) is 24.3 Å². The fraction of sp³-hybridized carbons (Fsp3) is 0.333. The van der Waals surface area contributed by atoms with Crippen molar-refractivity contribution in [2.75, 3.05) is 11.9 Å². The Labute approximate surface area is 126 Å². The van der Waals surface area contributed by atoms with Crippen LogP contribution in [0.5, 0.6) is 0 Å². The molecular weight excluding hydrogens is 263 g/mol. The maximum atomic E-state index is 14.0. The summed E-state index contributed by atoms with van der Waals surface area (Å²) in [5.41, 5.74) is 9.06. The average molecular weight is 286 g/mol. The minimum absolute atomic E-state index is 0.00327. The maximum Gasteiger partial charge on any atom is 0.128 e. The molecular formula is C18H23FN2. The van der Waals surface area contributed by atoms with Gasteiger partial charge in [-0.15, -0.1) is 0 Å². The molecule has 2 N–H and O–H groups in total. The molecule has 112 valence electrons. The summed E-state index contributed by atoms with van der Waals surface area (Å²) in [5.74, 6) is -0.172. The van der Waals surface area contributed by atoms with Gasteiger partial charge in [-0.1, -0.05) is 43.3 Å². The van der Waals surface area contributed by atoms with E-state index in [4.69, 9.17) is 5.73 Å². The highest BCUT2D eigenvalue weighted by Crippen LogP contribution is 2.32. The van der Waals surface area contributed by atoms with Crippen molar-refractivity contribution >= 4 is 5.69 Å². The van der Waals surface area contributed by atoms with E-state index < -0.39 is 0 Å². The van der Waals surface area contributed by atoms with Crippen LogP contribution in [0.3, 0.4) is 0 Å². The molecule has 3 heteroatoms. The Hall–Kier alpha value is -1.87. The molecule has 2 atom stereocenters. The van der Waals surface area contributed by atoms with Crippen molar-refractivity contribution in [1.82, 2.24) is 0 Å². The van der Waals surface area contributed by atoms with Crippen LogP contribution in [0.15, 0.2) is 48.5 Å². The number of rotatable bonds is 5. The first kappa shape index (κ1) is 15.5. The maximum absolute atomic E-state index is 14.0. The highest BCUT2D eigenvalue weighted by atomic mass is 19.1. The zero-order valence-electron chi connectivity index (χ0n) is 12.9. The van der Waals surface area contributed by atoms with Gasteiger partial charge >= 0.3 is 0 Å². The molecule has 0 aliphatic heterocycles. The fourth-order valence-electron chi connectivity index (χ4n) is 2.57. The summed E-state index contributed by atoms with van der Waals surface area (Å²) in [4.78, 5) is 2.09. The van der Waals surface area contributed by atoms with Crippen LogP contribution in [0.25, 0.3) is 0 Å². The van der Waals surface area contributed by atoms with E-state index in [1.165, 1.54) is 6.07 Å². The molecule has 0 aliphatic rings. The first-order valence-electron chi connectivity index (χ1n) is 7.38. The molecule has 0 fully saturated rings. The van der Waals surface area contributed by atoms with Gasteiger partial charge in [-0.2, -0.15) is 0 Å². The van der Waals surface area contributed by atoms with Crippen LogP contribution in [0.1, 0.15) is 43.5 Å². The van der Waals surface area contributed by atoms with Crippen LogP contribution in [0, 0.1) is 5.82 Å². The summed E-state index contributed by atoms with van der Waals surface area (Å²) < 4.78 is 14.0. The summed E-state index contributed by atoms with van der Waals surface area (Å²) >= 11 is 0. The molecule has 0 heterocycles. The molecule has 0 radical (unpaired) electrons. The number of halogens is 1. The largest absolute Gasteiger partial charge is 0.367 e. The second-order valence-electron chi connectivity index (χ2n) is 5.38. The third kappa shape index (κ3) is 3.24. The lowest BCUT2D eigenvalue weighted by atomic mass is 10.00. The van der Waals surface area contributed by atoms with Crippen LogP contribution in [-0.4, -0.2) is 7.05 Å². The van der Waals surface area contributed by atoms with Crippen LogP contribution >= 0.6 is 0 Å². The lowest BCUT2D eigenvalue weighted by Gasteiger charge is -2.30. The van der Waals surface area contributed by atoms with Gasteiger partial charge in [0.2, 0.25) is 0 Å². The van der Waals surface area contributed by atoms with Gasteiger partial charge in [0.25, 0.3) is 0 Å². The minimum Gasteiger partial charge on any atom is -0.367 e. The average Bonchev–Trinajstić information content (AvgIpc) is 2.53. The molecule has 0 aromatic heterocycles. The van der Waals surface area contributed by atoms with E-state index in [9.17, 15) is 4.39 Å². The highest BCUT2D eigenvalue weighted by Gasteiger charge is 2.19. The predicted molar refractivity (Wildman–Crippen MR) is 86.9 cm³/mol. The van der Waals surface area contributed by atoms with E-state index in [0.717, 1.165) is 17.7 Å². The lowest BCUT2D eigenvalue weighted by Crippen LogP contribution is -2.25. The molecule has 2 nitrogen and oxygen atoms in total. The van der Waals surface area contributed by atoms with E-state index in [-0.39, 0.29) is 17.9 Å². The Balaban J connectivity index is 2.36. The molecule has 0 amide bonds. The standard InChI is InChI=1S/C18H23FN2/c1-4-17(20)15-10-6-8-12-18(15)21(3)13(2)14-9-5-7-11-16(14)19/h5-13,17H,4,20H2,1-3H3. The molecule has 2 aromatic carbocycles. The van der Waals surface area contributed by atoms with Crippen molar-refractivity contribution in [2.45, 2.75) is 32.4 Å². The number of hydrogen-bond acceptors (Lipinski definition) is 2. The van der Waals surface area contributed by atoms with Crippen molar-refractivity contribution in [3.63, 3.8) is 0 Å². The van der Waals surface area contributed by atoms with E-state index in [0.29, 0.717) is 5.56 Å². The third-order valence-electron chi connectivity index (χ3n) is 4.09. The first-order valence-corrected chi connectivity index (χ1v) is 7.38. The Bertz CT molecular complexity index is 597. The van der Waals surface area contributed by atoms with Crippen LogP contribution in [0.2, 0.25) is 0 Å². The molecule has 0 bridgehead atoms. The van der Waals surface area contributed by atoms with Gasteiger partial charge in [0.1, 0.15) is 5.82 Å². The summed E-state index contributed by atoms with van der Waals surface area (Å²) in [5, 5.41) is 0. The van der Waals surface area contributed by atoms with E-state index in [2.05, 4.69) is 11.8 Å². The highest BCUT2D eigenvalue weighted by molar-refractivity contribution is 5.56. The minimum atomic E-state index is -0.172. The molecule has 0 saturated heterocycles. The Kier molecular flexibility index (Phi) is 4.97. The molecule has 2 rings (SSSR count). The van der Waals surface area contributed by atoms with E-state index in [1.807, 2.05) is 50.4 Å². The van der Waals surface area contributed by atoms with Gasteiger partial charge in [0.05, 0.1) is 6.04 Å². The predicted octanol–water partition coefficient (Wildman–Crippen LogP) is 4.43. The van der Waals surface area contributed by atoms with Gasteiger partial charge in [-0.25, -0.2) is 4.39 Å². The summed E-state index contributed by atoms with van der Waals surface area (Å²) in [6.07, 6.45) is 0.874. The number of nitrogens with two attached hydrogens (primary N) is 1. The van der Waals surface area contributed by atoms with Crippen LogP contribution in [-0.2, 0) is 0 Å². The monoisotopic (exact) mass is 286 g/mol. The van der Waals surface area contributed by atoms with Gasteiger partial charge in [-0.05, 0) is 31.0 Å². The number of nitrogens with zero attached hydrogens (tertiary/aromatic N) is 1. The topological polar surface area (TPSA) is 29.3 Å². The van der Waals surface area contributed by atoms with Crippen LogP contribution < -0.4 is 10.6 Å². The van der Waals surface area contributed by atoms with Crippen molar-refractivity contribution in [3.8, 4) is 0 Å². The van der Waals surface area contributed by atoms with E-state index >= 15 is 0 Å². The molecule has 0 saturated carbocycles. The van der Waals surface area contributed by atoms with Crippen molar-refractivity contribution in [3.05, 3.63) is 65.5 Å². The Morgan fingerprint density at radius 2 is 1.62 bits per heavy atom.